The third-order valence-electron chi connectivity index (χ3n) is 5.35. The highest BCUT2D eigenvalue weighted by atomic mass is 35.5. The van der Waals surface area contributed by atoms with E-state index in [-0.39, 0.29) is 6.04 Å². The first-order valence-electron chi connectivity index (χ1n) is 9.09. The summed E-state index contributed by atoms with van der Waals surface area (Å²) in [5, 5.41) is 12.5. The average molecular weight is 371 g/mol. The Morgan fingerprint density at radius 1 is 1.27 bits per heavy atom. The van der Waals surface area contributed by atoms with Crippen molar-refractivity contribution in [1.29, 1.82) is 0 Å². The van der Waals surface area contributed by atoms with Crippen LogP contribution in [0.4, 0.5) is 0 Å². The second-order valence-electron chi connectivity index (χ2n) is 6.99. The van der Waals surface area contributed by atoms with Crippen molar-refractivity contribution < 1.29 is 4.52 Å². The molecule has 0 radical (unpaired) electrons. The Morgan fingerprint density at radius 2 is 2.12 bits per heavy atom. The topological polar surface area (TPSA) is 58.0 Å². The van der Waals surface area contributed by atoms with E-state index >= 15 is 0 Å². The van der Waals surface area contributed by atoms with Gasteiger partial charge in [-0.2, -0.15) is 5.10 Å². The fraction of sp³-hybridized carbons (Fsp3) is 0.400. The maximum Gasteiger partial charge on any atom is 0.173 e. The maximum absolute atomic E-state index is 6.40. The molecule has 1 aliphatic heterocycles. The fourth-order valence-electron chi connectivity index (χ4n) is 3.75. The van der Waals surface area contributed by atoms with Gasteiger partial charge in [0.05, 0.1) is 29.2 Å². The number of hydrogen-bond acceptors (Lipinski definition) is 4. The molecule has 3 aromatic rings. The van der Waals surface area contributed by atoms with Gasteiger partial charge in [0.2, 0.25) is 0 Å². The molecule has 1 unspecified atom stereocenters. The van der Waals surface area contributed by atoms with Crippen molar-refractivity contribution in [3.8, 4) is 11.3 Å². The van der Waals surface area contributed by atoms with E-state index in [1.54, 1.807) is 0 Å². The van der Waals surface area contributed by atoms with Crippen molar-refractivity contribution in [2.75, 3.05) is 6.54 Å². The average Bonchev–Trinajstić information content (AvgIpc) is 3.25. The monoisotopic (exact) mass is 370 g/mol. The van der Waals surface area contributed by atoms with E-state index in [0.717, 1.165) is 58.4 Å². The summed E-state index contributed by atoms with van der Waals surface area (Å²) in [6.45, 7) is 5.88. The van der Waals surface area contributed by atoms with Crippen LogP contribution in [0.5, 0.6) is 0 Å². The second-order valence-corrected chi connectivity index (χ2v) is 7.40. The van der Waals surface area contributed by atoms with Gasteiger partial charge in [-0.15, -0.1) is 0 Å². The lowest BCUT2D eigenvalue weighted by atomic mass is 9.95. The van der Waals surface area contributed by atoms with Crippen LogP contribution in [0, 0.1) is 13.8 Å². The molecule has 1 atom stereocenters. The van der Waals surface area contributed by atoms with E-state index in [4.69, 9.17) is 16.1 Å². The van der Waals surface area contributed by atoms with Crippen LogP contribution in [-0.2, 0) is 6.54 Å². The molecule has 0 saturated carbocycles. The number of piperidine rings is 1. The lowest BCUT2D eigenvalue weighted by Gasteiger charge is -2.35. The third kappa shape index (κ3) is 3.17. The molecule has 5 nitrogen and oxygen atoms in total. The molecule has 1 saturated heterocycles. The first-order valence-corrected chi connectivity index (χ1v) is 9.47. The summed E-state index contributed by atoms with van der Waals surface area (Å²) in [4.78, 5) is 2.49. The van der Waals surface area contributed by atoms with E-state index in [1.807, 2.05) is 38.2 Å². The van der Waals surface area contributed by atoms with Crippen molar-refractivity contribution in [2.45, 2.75) is 45.7 Å². The Kier molecular flexibility index (Phi) is 4.83. The Balaban J connectivity index is 1.67. The highest BCUT2D eigenvalue weighted by Crippen LogP contribution is 2.38. The molecule has 1 aromatic carbocycles. The molecule has 0 aliphatic carbocycles. The number of likely N-dealkylation sites (tertiary alicyclic amines) is 1. The van der Waals surface area contributed by atoms with E-state index in [2.05, 4.69) is 26.3 Å². The zero-order chi connectivity index (χ0) is 18.1. The van der Waals surface area contributed by atoms with Crippen LogP contribution in [0.25, 0.3) is 11.3 Å². The molecule has 0 spiro atoms. The predicted molar refractivity (Wildman–Crippen MR) is 102 cm³/mol. The van der Waals surface area contributed by atoms with E-state index < -0.39 is 0 Å². The van der Waals surface area contributed by atoms with Gasteiger partial charge in [-0.25, -0.2) is 0 Å². The van der Waals surface area contributed by atoms with Crippen molar-refractivity contribution in [3.05, 3.63) is 58.0 Å². The van der Waals surface area contributed by atoms with Crippen LogP contribution in [-0.4, -0.2) is 26.8 Å². The number of nitrogens with zero attached hydrogens (tertiary/aromatic N) is 3. The number of halogens is 1. The second kappa shape index (κ2) is 7.25. The third-order valence-corrected chi connectivity index (χ3v) is 5.72. The van der Waals surface area contributed by atoms with Gasteiger partial charge in [0.15, 0.2) is 5.76 Å². The van der Waals surface area contributed by atoms with Gasteiger partial charge in [0.1, 0.15) is 0 Å². The van der Waals surface area contributed by atoms with Crippen LogP contribution in [0.1, 0.15) is 47.8 Å². The first kappa shape index (κ1) is 17.3. The normalized spacial score (nSPS) is 18.3. The van der Waals surface area contributed by atoms with Gasteiger partial charge in [-0.1, -0.05) is 41.4 Å². The molecular formula is C20H23ClN4O. The summed E-state index contributed by atoms with van der Waals surface area (Å²) in [5.41, 5.74) is 5.27. The summed E-state index contributed by atoms with van der Waals surface area (Å²) in [7, 11) is 0. The Bertz CT molecular complexity index is 901. The number of nitrogens with one attached hydrogen (secondary N) is 1. The molecule has 4 rings (SSSR count). The number of benzene rings is 1. The molecule has 0 amide bonds. The van der Waals surface area contributed by atoms with Crippen molar-refractivity contribution in [3.63, 3.8) is 0 Å². The molecule has 26 heavy (non-hydrogen) atoms. The highest BCUT2D eigenvalue weighted by molar-refractivity contribution is 6.31. The minimum absolute atomic E-state index is 0.266. The van der Waals surface area contributed by atoms with Crippen molar-refractivity contribution >= 4 is 11.6 Å². The van der Waals surface area contributed by atoms with Crippen molar-refractivity contribution in [2.24, 2.45) is 0 Å². The van der Waals surface area contributed by atoms with Crippen LogP contribution in [0.3, 0.4) is 0 Å². The van der Waals surface area contributed by atoms with Crippen LogP contribution in [0.2, 0.25) is 5.02 Å². The standard InChI is InChI=1S/C20H23ClN4O/c1-13-14(2)24-26-20(13)16-11-22-23-19(16)18-9-5-6-10-25(18)12-15-7-3-4-8-17(15)21/h3-4,7-8,11,18H,5-6,9-10,12H2,1-2H3,(H,22,23). The molecular weight excluding hydrogens is 348 g/mol. The Labute approximate surface area is 158 Å². The SMILES string of the molecule is Cc1noc(-c2cn[nH]c2C2CCCCN2Cc2ccccc2Cl)c1C. The van der Waals surface area contributed by atoms with Crippen LogP contribution < -0.4 is 0 Å². The molecule has 136 valence electrons. The smallest absolute Gasteiger partial charge is 0.173 e. The van der Waals surface area contributed by atoms with Crippen LogP contribution in [0.15, 0.2) is 35.0 Å². The number of H-pyrrole nitrogens is 1. The molecule has 0 bridgehead atoms. The van der Waals surface area contributed by atoms with Crippen LogP contribution >= 0.6 is 11.6 Å². The lowest BCUT2D eigenvalue weighted by molar-refractivity contribution is 0.137. The molecule has 1 fully saturated rings. The number of aryl methyl sites for hydroxylation is 1. The zero-order valence-electron chi connectivity index (χ0n) is 15.1. The number of rotatable bonds is 4. The fourth-order valence-corrected chi connectivity index (χ4v) is 3.95. The summed E-state index contributed by atoms with van der Waals surface area (Å²) in [5.74, 6) is 0.814. The van der Waals surface area contributed by atoms with Gasteiger partial charge in [-0.3, -0.25) is 10.00 Å². The summed E-state index contributed by atoms with van der Waals surface area (Å²) in [6, 6.07) is 8.34. The van der Waals surface area contributed by atoms with Gasteiger partial charge < -0.3 is 4.52 Å². The number of aromatic nitrogens is 3. The first-order chi connectivity index (χ1) is 12.6. The molecule has 2 aromatic heterocycles. The predicted octanol–water partition coefficient (Wildman–Crippen LogP) is 5.06. The van der Waals surface area contributed by atoms with E-state index in [0.29, 0.717) is 0 Å². The van der Waals surface area contributed by atoms with Gasteiger partial charge >= 0.3 is 0 Å². The van der Waals surface area contributed by atoms with Gasteiger partial charge in [0.25, 0.3) is 0 Å². The summed E-state index contributed by atoms with van der Waals surface area (Å²) in [6.07, 6.45) is 5.35. The number of hydrogen-bond donors (Lipinski definition) is 1. The molecule has 1 N–H and O–H groups in total. The summed E-state index contributed by atoms with van der Waals surface area (Å²) >= 11 is 6.40. The molecule has 6 heteroatoms. The zero-order valence-corrected chi connectivity index (χ0v) is 15.9. The molecule has 3 heterocycles. The maximum atomic E-state index is 6.40. The molecule has 1 aliphatic rings. The van der Waals surface area contributed by atoms with Gasteiger partial charge in [-0.05, 0) is 44.9 Å². The Hall–Kier alpha value is -2.11. The van der Waals surface area contributed by atoms with Gasteiger partial charge in [0, 0.05) is 17.1 Å². The Morgan fingerprint density at radius 3 is 2.88 bits per heavy atom. The van der Waals surface area contributed by atoms with E-state index in [9.17, 15) is 0 Å². The van der Waals surface area contributed by atoms with E-state index in [1.165, 1.54) is 12.8 Å². The lowest BCUT2D eigenvalue weighted by Crippen LogP contribution is -2.33. The summed E-state index contributed by atoms with van der Waals surface area (Å²) < 4.78 is 5.59. The quantitative estimate of drug-likeness (QED) is 0.697. The minimum atomic E-state index is 0.266. The largest absolute Gasteiger partial charge is 0.356 e. The number of aromatic amines is 1. The minimum Gasteiger partial charge on any atom is -0.356 e. The van der Waals surface area contributed by atoms with Crippen molar-refractivity contribution in [1.82, 2.24) is 20.3 Å². The highest BCUT2D eigenvalue weighted by Gasteiger charge is 2.29.